The lowest BCUT2D eigenvalue weighted by Crippen LogP contribution is -2.36. The van der Waals surface area contributed by atoms with Crippen LogP contribution in [0.3, 0.4) is 0 Å². The highest BCUT2D eigenvalue weighted by atomic mass is 16.6. The van der Waals surface area contributed by atoms with Gasteiger partial charge in [-0.3, -0.25) is 29.4 Å². The summed E-state index contributed by atoms with van der Waals surface area (Å²) in [7, 11) is 0. The van der Waals surface area contributed by atoms with Crippen molar-refractivity contribution in [3.8, 4) is 17.2 Å². The van der Waals surface area contributed by atoms with E-state index in [-0.39, 0.29) is 42.3 Å². The molecule has 1 unspecified atom stereocenters. The zero-order chi connectivity index (χ0) is 27.5. The van der Waals surface area contributed by atoms with Gasteiger partial charge in [-0.25, -0.2) is 0 Å². The maximum absolute atomic E-state index is 12.9. The van der Waals surface area contributed by atoms with Gasteiger partial charge in [-0.15, -0.1) is 0 Å². The standard InChI is InChI=1S/C28H25N3O8/c1-17-12-19(8-10-25(17)31(35)36)38-16-26(32)29-18-4-2-5-20(13-18)39-21-7-9-23-24(14-21)28(34)30(27(23)33)15-22-6-3-11-37-22/h2,4-5,7-10,12-14,22H,3,6,11,15-16H2,1H3,(H,29,32). The van der Waals surface area contributed by atoms with Crippen molar-refractivity contribution in [3.63, 3.8) is 0 Å². The predicted octanol–water partition coefficient (Wildman–Crippen LogP) is 4.49. The SMILES string of the molecule is Cc1cc(OCC(=O)Nc2cccc(Oc3ccc4c(c3)C(=O)N(CC3CCCO3)C4=O)c2)ccc1[N+](=O)[O-]. The quantitative estimate of drug-likeness (QED) is 0.242. The summed E-state index contributed by atoms with van der Waals surface area (Å²) in [6.07, 6.45) is 1.60. The Morgan fingerprint density at radius 3 is 2.56 bits per heavy atom. The second-order valence-electron chi connectivity index (χ2n) is 9.24. The van der Waals surface area contributed by atoms with Gasteiger partial charge in [0.2, 0.25) is 0 Å². The summed E-state index contributed by atoms with van der Waals surface area (Å²) in [5.41, 5.74) is 1.46. The Kier molecular flexibility index (Phi) is 7.24. The average molecular weight is 532 g/mol. The normalized spacial score (nSPS) is 16.2. The molecule has 1 saturated heterocycles. The minimum Gasteiger partial charge on any atom is -0.484 e. The summed E-state index contributed by atoms with van der Waals surface area (Å²) in [6.45, 7) is 2.16. The van der Waals surface area contributed by atoms with Gasteiger partial charge in [0.15, 0.2) is 6.61 Å². The second-order valence-corrected chi connectivity index (χ2v) is 9.24. The number of nitro benzene ring substituents is 1. The number of nitro groups is 1. The molecule has 39 heavy (non-hydrogen) atoms. The van der Waals surface area contributed by atoms with E-state index in [1.165, 1.54) is 29.2 Å². The third-order valence-corrected chi connectivity index (χ3v) is 6.44. The van der Waals surface area contributed by atoms with Crippen LogP contribution in [-0.2, 0) is 9.53 Å². The lowest BCUT2D eigenvalue weighted by Gasteiger charge is -2.17. The van der Waals surface area contributed by atoms with Crippen molar-refractivity contribution in [3.05, 3.63) is 87.5 Å². The molecule has 0 radical (unpaired) electrons. The van der Waals surface area contributed by atoms with Crippen molar-refractivity contribution < 1.29 is 33.5 Å². The number of carbonyl (C=O) groups excluding carboxylic acids is 3. The van der Waals surface area contributed by atoms with Crippen molar-refractivity contribution in [2.75, 3.05) is 25.1 Å². The first-order chi connectivity index (χ1) is 18.8. The van der Waals surface area contributed by atoms with Gasteiger partial charge in [-0.1, -0.05) is 6.07 Å². The summed E-state index contributed by atoms with van der Waals surface area (Å²) in [5, 5.41) is 13.7. The fourth-order valence-corrected chi connectivity index (χ4v) is 4.53. The van der Waals surface area contributed by atoms with E-state index >= 15 is 0 Å². The zero-order valence-electron chi connectivity index (χ0n) is 21.0. The number of imide groups is 1. The molecule has 0 aliphatic carbocycles. The van der Waals surface area contributed by atoms with Crippen molar-refractivity contribution in [1.29, 1.82) is 0 Å². The van der Waals surface area contributed by atoms with Gasteiger partial charge in [-0.2, -0.15) is 0 Å². The summed E-state index contributed by atoms with van der Waals surface area (Å²) >= 11 is 0. The second kappa shape index (κ2) is 10.9. The maximum atomic E-state index is 12.9. The first kappa shape index (κ1) is 25.9. The molecule has 2 heterocycles. The minimum atomic E-state index is -0.484. The number of nitrogens with zero attached hydrogens (tertiary/aromatic N) is 2. The highest BCUT2D eigenvalue weighted by molar-refractivity contribution is 6.21. The van der Waals surface area contributed by atoms with E-state index in [0.717, 1.165) is 12.8 Å². The van der Waals surface area contributed by atoms with Gasteiger partial charge in [-0.05, 0) is 62.2 Å². The minimum absolute atomic E-state index is 0.0287. The smallest absolute Gasteiger partial charge is 0.272 e. The zero-order valence-corrected chi connectivity index (χ0v) is 21.0. The molecule has 2 aliphatic heterocycles. The lowest BCUT2D eigenvalue weighted by atomic mass is 10.1. The van der Waals surface area contributed by atoms with Gasteiger partial charge >= 0.3 is 0 Å². The number of amides is 3. The summed E-state index contributed by atoms with van der Waals surface area (Å²) < 4.78 is 16.9. The number of benzene rings is 3. The maximum Gasteiger partial charge on any atom is 0.272 e. The van der Waals surface area contributed by atoms with Crippen molar-refractivity contribution in [2.24, 2.45) is 0 Å². The number of fused-ring (bicyclic) bond motifs is 1. The molecule has 1 fully saturated rings. The highest BCUT2D eigenvalue weighted by Gasteiger charge is 2.37. The molecular weight excluding hydrogens is 506 g/mol. The predicted molar refractivity (Wildman–Crippen MR) is 139 cm³/mol. The van der Waals surface area contributed by atoms with Crippen LogP contribution < -0.4 is 14.8 Å². The van der Waals surface area contributed by atoms with Crippen molar-refractivity contribution in [1.82, 2.24) is 4.90 Å². The molecule has 3 amide bonds. The largest absolute Gasteiger partial charge is 0.484 e. The van der Waals surface area contributed by atoms with Gasteiger partial charge in [0.05, 0.1) is 28.7 Å². The fraction of sp³-hybridized carbons (Fsp3) is 0.250. The van der Waals surface area contributed by atoms with Crippen LogP contribution in [0.2, 0.25) is 0 Å². The third kappa shape index (κ3) is 5.73. The van der Waals surface area contributed by atoms with Crippen molar-refractivity contribution in [2.45, 2.75) is 25.9 Å². The van der Waals surface area contributed by atoms with E-state index < -0.39 is 10.8 Å². The van der Waals surface area contributed by atoms with Gasteiger partial charge in [0.25, 0.3) is 23.4 Å². The van der Waals surface area contributed by atoms with E-state index in [1.54, 1.807) is 43.3 Å². The number of carbonyl (C=O) groups is 3. The molecule has 11 nitrogen and oxygen atoms in total. The van der Waals surface area contributed by atoms with Gasteiger partial charge in [0, 0.05) is 30.0 Å². The van der Waals surface area contributed by atoms with E-state index in [2.05, 4.69) is 5.32 Å². The molecule has 5 rings (SSSR count). The van der Waals surface area contributed by atoms with Crippen LogP contribution >= 0.6 is 0 Å². The van der Waals surface area contributed by atoms with E-state index in [1.807, 2.05) is 0 Å². The molecular formula is C28H25N3O8. The summed E-state index contributed by atoms with van der Waals surface area (Å²) in [6, 6.07) is 15.6. The number of hydrogen-bond donors (Lipinski definition) is 1. The Hall–Kier alpha value is -4.77. The Bertz CT molecular complexity index is 1460. The Morgan fingerprint density at radius 2 is 1.82 bits per heavy atom. The molecule has 0 saturated carbocycles. The number of aryl methyl sites for hydroxylation is 1. The molecule has 1 N–H and O–H groups in total. The molecule has 200 valence electrons. The Balaban J connectivity index is 1.20. The van der Waals surface area contributed by atoms with Crippen LogP contribution in [0.1, 0.15) is 39.1 Å². The van der Waals surface area contributed by atoms with Gasteiger partial charge < -0.3 is 19.5 Å². The van der Waals surface area contributed by atoms with Crippen LogP contribution in [0.5, 0.6) is 17.2 Å². The molecule has 3 aromatic carbocycles. The van der Waals surface area contributed by atoms with Crippen LogP contribution in [-0.4, -0.2) is 53.4 Å². The molecule has 11 heteroatoms. The summed E-state index contributed by atoms with van der Waals surface area (Å²) in [4.78, 5) is 49.7. The number of anilines is 1. The number of ether oxygens (including phenoxy) is 3. The molecule has 0 aromatic heterocycles. The van der Waals surface area contributed by atoms with Gasteiger partial charge in [0.1, 0.15) is 17.2 Å². The van der Waals surface area contributed by atoms with Crippen molar-refractivity contribution >= 4 is 29.1 Å². The highest BCUT2D eigenvalue weighted by Crippen LogP contribution is 2.31. The third-order valence-electron chi connectivity index (χ3n) is 6.44. The Labute approximate surface area is 223 Å². The van der Waals surface area contributed by atoms with E-state index in [4.69, 9.17) is 14.2 Å². The first-order valence-electron chi connectivity index (χ1n) is 12.4. The first-order valence-corrected chi connectivity index (χ1v) is 12.4. The fourth-order valence-electron chi connectivity index (χ4n) is 4.53. The summed E-state index contributed by atoms with van der Waals surface area (Å²) in [5.74, 6) is -0.0321. The van der Waals surface area contributed by atoms with Crippen LogP contribution in [0, 0.1) is 17.0 Å². The van der Waals surface area contributed by atoms with E-state index in [0.29, 0.717) is 40.7 Å². The van der Waals surface area contributed by atoms with E-state index in [9.17, 15) is 24.5 Å². The lowest BCUT2D eigenvalue weighted by molar-refractivity contribution is -0.385. The average Bonchev–Trinajstić information content (AvgIpc) is 3.50. The topological polar surface area (TPSA) is 137 Å². The van der Waals surface area contributed by atoms with Crippen LogP contribution in [0.15, 0.2) is 60.7 Å². The van der Waals surface area contributed by atoms with Crippen LogP contribution in [0.4, 0.5) is 11.4 Å². The molecule has 0 spiro atoms. The number of nitrogens with one attached hydrogen (secondary N) is 1. The number of hydrogen-bond acceptors (Lipinski definition) is 8. The number of rotatable bonds is 9. The van der Waals surface area contributed by atoms with Crippen LogP contribution in [0.25, 0.3) is 0 Å². The monoisotopic (exact) mass is 531 g/mol. The Morgan fingerprint density at radius 1 is 1.05 bits per heavy atom. The molecule has 0 bridgehead atoms. The molecule has 3 aromatic rings. The molecule has 1 atom stereocenters. The molecule has 2 aliphatic rings.